The van der Waals surface area contributed by atoms with Gasteiger partial charge in [0.2, 0.25) is 0 Å². The van der Waals surface area contributed by atoms with Crippen LogP contribution in [0.15, 0.2) is 35.7 Å². The first-order valence-electron chi connectivity index (χ1n) is 8.65. The van der Waals surface area contributed by atoms with E-state index in [9.17, 15) is 9.59 Å². The maximum absolute atomic E-state index is 13.0. The molecule has 1 N–H and O–H groups in total. The number of likely N-dealkylation sites (tertiary alicyclic amines) is 1. The van der Waals surface area contributed by atoms with Crippen molar-refractivity contribution in [1.29, 1.82) is 0 Å². The van der Waals surface area contributed by atoms with Crippen LogP contribution in [0.3, 0.4) is 0 Å². The molecule has 25 heavy (non-hydrogen) atoms. The summed E-state index contributed by atoms with van der Waals surface area (Å²) in [6, 6.07) is 9.93. The van der Waals surface area contributed by atoms with Crippen LogP contribution in [0, 0.1) is 6.92 Å². The molecule has 3 amide bonds. The van der Waals surface area contributed by atoms with Gasteiger partial charge in [-0.15, -0.1) is 11.3 Å². The van der Waals surface area contributed by atoms with Crippen molar-refractivity contribution in [2.24, 2.45) is 0 Å². The minimum Gasteiger partial charge on any atom is -0.336 e. The van der Waals surface area contributed by atoms with E-state index < -0.39 is 0 Å². The number of aryl methyl sites for hydroxylation is 1. The van der Waals surface area contributed by atoms with Crippen LogP contribution >= 0.6 is 11.3 Å². The predicted molar refractivity (Wildman–Crippen MR) is 99.3 cm³/mol. The van der Waals surface area contributed by atoms with Gasteiger partial charge in [-0.3, -0.25) is 9.69 Å². The minimum atomic E-state index is -0.0699. The molecule has 6 heteroatoms. The lowest BCUT2D eigenvalue weighted by molar-refractivity contribution is 0.0738. The Hall–Kier alpha value is -2.34. The largest absolute Gasteiger partial charge is 0.336 e. The number of hydrogen-bond donors (Lipinski definition) is 1. The standard InChI is InChI=1S/C19H21N3O2S/c1-13-12-14(6-7-15(13)22-10-8-20-19(22)24)18(23)21-9-2-4-16(21)17-5-3-11-25-17/h3,5-7,11-12,16H,2,4,8-10H2,1H3,(H,20,24)/t16-/m1/s1. The number of nitrogens with zero attached hydrogens (tertiary/aromatic N) is 2. The van der Waals surface area contributed by atoms with Gasteiger partial charge in [-0.2, -0.15) is 0 Å². The number of hydrogen-bond acceptors (Lipinski definition) is 3. The van der Waals surface area contributed by atoms with Crippen LogP contribution in [0.4, 0.5) is 10.5 Å². The highest BCUT2D eigenvalue weighted by Gasteiger charge is 2.31. The van der Waals surface area contributed by atoms with E-state index in [-0.39, 0.29) is 18.0 Å². The summed E-state index contributed by atoms with van der Waals surface area (Å²) in [5.41, 5.74) is 2.53. The van der Waals surface area contributed by atoms with Crippen LogP contribution in [-0.4, -0.2) is 36.5 Å². The summed E-state index contributed by atoms with van der Waals surface area (Å²) in [7, 11) is 0. The lowest BCUT2D eigenvalue weighted by Crippen LogP contribution is -2.31. The molecule has 5 nitrogen and oxygen atoms in total. The van der Waals surface area contributed by atoms with Gasteiger partial charge in [0.25, 0.3) is 5.91 Å². The Morgan fingerprint density at radius 1 is 1.28 bits per heavy atom. The number of carbonyl (C=O) groups excluding carboxylic acids is 2. The van der Waals surface area contributed by atoms with Crippen LogP contribution in [0.25, 0.3) is 0 Å². The number of urea groups is 1. The normalized spacial score (nSPS) is 20.2. The number of benzene rings is 1. The average molecular weight is 355 g/mol. The fraction of sp³-hybridized carbons (Fsp3) is 0.368. The van der Waals surface area contributed by atoms with E-state index in [2.05, 4.69) is 16.8 Å². The highest BCUT2D eigenvalue weighted by Crippen LogP contribution is 2.36. The minimum absolute atomic E-state index is 0.0699. The molecular weight excluding hydrogens is 334 g/mol. The van der Waals surface area contributed by atoms with E-state index in [1.165, 1.54) is 4.88 Å². The second kappa shape index (κ2) is 6.52. The monoisotopic (exact) mass is 355 g/mol. The molecule has 1 atom stereocenters. The third kappa shape index (κ3) is 2.91. The molecule has 1 aromatic carbocycles. The third-order valence-corrected chi connectivity index (χ3v) is 5.95. The molecule has 1 aromatic heterocycles. The van der Waals surface area contributed by atoms with Gasteiger partial charge in [-0.1, -0.05) is 6.07 Å². The first-order chi connectivity index (χ1) is 12.1. The van der Waals surface area contributed by atoms with Crippen LogP contribution in [-0.2, 0) is 0 Å². The summed E-state index contributed by atoms with van der Waals surface area (Å²) in [6.45, 7) is 4.09. The SMILES string of the molecule is Cc1cc(C(=O)N2CCC[C@@H]2c2cccs2)ccc1N1CCNC1=O. The van der Waals surface area contributed by atoms with E-state index in [0.29, 0.717) is 18.7 Å². The molecule has 130 valence electrons. The molecule has 2 saturated heterocycles. The highest BCUT2D eigenvalue weighted by molar-refractivity contribution is 7.10. The van der Waals surface area contributed by atoms with Crippen molar-refractivity contribution in [1.82, 2.24) is 10.2 Å². The Kier molecular flexibility index (Phi) is 4.21. The van der Waals surface area contributed by atoms with Gasteiger partial charge in [0.1, 0.15) is 0 Å². The molecule has 3 heterocycles. The van der Waals surface area contributed by atoms with Crippen LogP contribution in [0.5, 0.6) is 0 Å². The van der Waals surface area contributed by atoms with Crippen molar-refractivity contribution in [3.8, 4) is 0 Å². The lowest BCUT2D eigenvalue weighted by Gasteiger charge is -2.25. The smallest absolute Gasteiger partial charge is 0.322 e. The van der Waals surface area contributed by atoms with Crippen molar-refractivity contribution in [2.45, 2.75) is 25.8 Å². The van der Waals surface area contributed by atoms with Crippen LogP contribution < -0.4 is 10.2 Å². The maximum Gasteiger partial charge on any atom is 0.322 e. The van der Waals surface area contributed by atoms with Gasteiger partial charge in [0.05, 0.1) is 6.04 Å². The fourth-order valence-electron chi connectivity index (χ4n) is 3.75. The molecule has 2 aliphatic heterocycles. The highest BCUT2D eigenvalue weighted by atomic mass is 32.1. The molecule has 0 radical (unpaired) electrons. The Bertz CT molecular complexity index is 803. The number of carbonyl (C=O) groups is 2. The van der Waals surface area contributed by atoms with Gasteiger partial charge in [-0.25, -0.2) is 4.79 Å². The molecule has 0 bridgehead atoms. The van der Waals surface area contributed by atoms with Gasteiger partial charge in [0.15, 0.2) is 0 Å². The molecule has 0 aliphatic carbocycles. The Morgan fingerprint density at radius 3 is 2.84 bits per heavy atom. The van der Waals surface area contributed by atoms with E-state index in [1.807, 2.05) is 36.1 Å². The number of amides is 3. The number of nitrogens with one attached hydrogen (secondary N) is 1. The van der Waals surface area contributed by atoms with E-state index in [0.717, 1.165) is 30.6 Å². The van der Waals surface area contributed by atoms with Crippen molar-refractivity contribution in [3.63, 3.8) is 0 Å². The van der Waals surface area contributed by atoms with Gasteiger partial charge < -0.3 is 10.2 Å². The second-order valence-corrected chi connectivity index (χ2v) is 7.54. The van der Waals surface area contributed by atoms with E-state index in [1.54, 1.807) is 16.2 Å². The lowest BCUT2D eigenvalue weighted by atomic mass is 10.1. The molecule has 2 aliphatic rings. The van der Waals surface area contributed by atoms with Gasteiger partial charge in [-0.05, 0) is 55.0 Å². The second-order valence-electron chi connectivity index (χ2n) is 6.56. The average Bonchev–Trinajstić information content (AvgIpc) is 3.35. The summed E-state index contributed by atoms with van der Waals surface area (Å²) in [4.78, 5) is 29.9. The number of anilines is 1. The van der Waals surface area contributed by atoms with E-state index >= 15 is 0 Å². The zero-order valence-electron chi connectivity index (χ0n) is 14.2. The van der Waals surface area contributed by atoms with Crippen molar-refractivity contribution in [3.05, 3.63) is 51.7 Å². The van der Waals surface area contributed by atoms with Crippen molar-refractivity contribution in [2.75, 3.05) is 24.5 Å². The number of thiophene rings is 1. The summed E-state index contributed by atoms with van der Waals surface area (Å²) >= 11 is 1.71. The maximum atomic E-state index is 13.0. The molecular formula is C19H21N3O2S. The first-order valence-corrected chi connectivity index (χ1v) is 9.53. The zero-order chi connectivity index (χ0) is 17.4. The van der Waals surface area contributed by atoms with Crippen LogP contribution in [0.1, 0.15) is 39.7 Å². The Labute approximate surface area is 151 Å². The molecule has 4 rings (SSSR count). The fourth-order valence-corrected chi connectivity index (χ4v) is 4.62. The Morgan fingerprint density at radius 2 is 2.16 bits per heavy atom. The Balaban J connectivity index is 1.58. The van der Waals surface area contributed by atoms with Gasteiger partial charge in [0, 0.05) is 35.8 Å². The predicted octanol–water partition coefficient (Wildman–Crippen LogP) is 3.56. The molecule has 0 saturated carbocycles. The summed E-state index contributed by atoms with van der Waals surface area (Å²) < 4.78 is 0. The number of rotatable bonds is 3. The zero-order valence-corrected chi connectivity index (χ0v) is 15.0. The summed E-state index contributed by atoms with van der Waals surface area (Å²) in [5.74, 6) is 0.0800. The third-order valence-electron chi connectivity index (χ3n) is 4.98. The van der Waals surface area contributed by atoms with Gasteiger partial charge >= 0.3 is 6.03 Å². The molecule has 0 spiro atoms. The van der Waals surface area contributed by atoms with Crippen molar-refractivity contribution < 1.29 is 9.59 Å². The topological polar surface area (TPSA) is 52.7 Å². The summed E-state index contributed by atoms with van der Waals surface area (Å²) in [5, 5.41) is 4.88. The quantitative estimate of drug-likeness (QED) is 0.915. The summed E-state index contributed by atoms with van der Waals surface area (Å²) in [6.07, 6.45) is 2.07. The van der Waals surface area contributed by atoms with Crippen LogP contribution in [0.2, 0.25) is 0 Å². The van der Waals surface area contributed by atoms with Crippen molar-refractivity contribution >= 4 is 29.0 Å². The van der Waals surface area contributed by atoms with E-state index in [4.69, 9.17) is 0 Å². The first kappa shape index (κ1) is 16.1. The molecule has 2 aromatic rings. The molecule has 2 fully saturated rings. The molecule has 0 unspecified atom stereocenters.